The summed E-state index contributed by atoms with van der Waals surface area (Å²) in [5, 5.41) is 12.7. The molecular weight excluding hydrogens is 320 g/mol. The zero-order valence-corrected chi connectivity index (χ0v) is 13.9. The second kappa shape index (κ2) is 6.96. The molecule has 7 heteroatoms. The summed E-state index contributed by atoms with van der Waals surface area (Å²) >= 11 is 0. The highest BCUT2D eigenvalue weighted by Crippen LogP contribution is 2.31. The Balaban J connectivity index is 1.88. The molecule has 0 aliphatic carbocycles. The van der Waals surface area contributed by atoms with Crippen molar-refractivity contribution in [1.29, 1.82) is 0 Å². The van der Waals surface area contributed by atoms with Gasteiger partial charge in [-0.2, -0.15) is 0 Å². The molecular formula is C18H18N4O3. The molecule has 0 fully saturated rings. The van der Waals surface area contributed by atoms with Gasteiger partial charge in [0.2, 0.25) is 5.95 Å². The van der Waals surface area contributed by atoms with Crippen LogP contribution in [0.3, 0.4) is 0 Å². The van der Waals surface area contributed by atoms with Gasteiger partial charge in [-0.3, -0.25) is 0 Å². The van der Waals surface area contributed by atoms with Crippen LogP contribution in [-0.2, 0) is 0 Å². The van der Waals surface area contributed by atoms with Crippen LogP contribution in [0.5, 0.6) is 17.2 Å². The van der Waals surface area contributed by atoms with Crippen molar-refractivity contribution in [2.24, 2.45) is 0 Å². The maximum atomic E-state index is 9.54. The van der Waals surface area contributed by atoms with Crippen LogP contribution in [0.25, 0.3) is 11.3 Å². The molecule has 0 bridgehead atoms. The first kappa shape index (κ1) is 16.4. The van der Waals surface area contributed by atoms with E-state index >= 15 is 0 Å². The number of hydrogen-bond acceptors (Lipinski definition) is 7. The average molecular weight is 338 g/mol. The van der Waals surface area contributed by atoms with E-state index in [-0.39, 0.29) is 5.75 Å². The minimum Gasteiger partial charge on any atom is -0.506 e. The predicted octanol–water partition coefficient (Wildman–Crippen LogP) is 3.19. The van der Waals surface area contributed by atoms with Gasteiger partial charge in [-0.25, -0.2) is 9.97 Å². The normalized spacial score (nSPS) is 10.3. The second-order valence-electron chi connectivity index (χ2n) is 5.23. The minimum absolute atomic E-state index is 0.0430. The molecule has 3 aromatic rings. The van der Waals surface area contributed by atoms with Crippen LogP contribution in [-0.4, -0.2) is 29.3 Å². The molecule has 7 nitrogen and oxygen atoms in total. The average Bonchev–Trinajstić information content (AvgIpc) is 2.64. The lowest BCUT2D eigenvalue weighted by atomic mass is 10.1. The van der Waals surface area contributed by atoms with Crippen molar-refractivity contribution in [2.45, 2.75) is 0 Å². The number of aromatic hydroxyl groups is 1. The topological polar surface area (TPSA) is 103 Å². The fraction of sp³-hybridized carbons (Fsp3) is 0.111. The second-order valence-corrected chi connectivity index (χ2v) is 5.23. The Hall–Kier alpha value is -3.48. The summed E-state index contributed by atoms with van der Waals surface area (Å²) in [5.41, 5.74) is 8.27. The van der Waals surface area contributed by atoms with Gasteiger partial charge in [0.25, 0.3) is 0 Å². The summed E-state index contributed by atoms with van der Waals surface area (Å²) in [6, 6.07) is 12.2. The number of hydrogen-bond donors (Lipinski definition) is 3. The van der Waals surface area contributed by atoms with Crippen molar-refractivity contribution in [3.05, 3.63) is 48.7 Å². The summed E-state index contributed by atoms with van der Waals surface area (Å²) in [4.78, 5) is 8.70. The highest BCUT2D eigenvalue weighted by Gasteiger charge is 2.08. The number of ether oxygens (including phenoxy) is 2. The zero-order valence-electron chi connectivity index (χ0n) is 13.9. The monoisotopic (exact) mass is 338 g/mol. The third-order valence-corrected chi connectivity index (χ3v) is 3.62. The third kappa shape index (κ3) is 3.55. The van der Waals surface area contributed by atoms with E-state index in [0.717, 1.165) is 11.3 Å². The lowest BCUT2D eigenvalue weighted by Gasteiger charge is -2.11. The summed E-state index contributed by atoms with van der Waals surface area (Å²) in [5.74, 6) is 1.72. The predicted molar refractivity (Wildman–Crippen MR) is 96.4 cm³/mol. The van der Waals surface area contributed by atoms with Gasteiger partial charge >= 0.3 is 0 Å². The van der Waals surface area contributed by atoms with Gasteiger partial charge in [0.15, 0.2) is 11.5 Å². The standard InChI is InChI=1S/C18H18N4O3/c1-24-16-6-4-12(10-17(16)25-2)21-18-20-8-7-14(22-18)11-3-5-15(23)13(19)9-11/h3-10,23H,19H2,1-2H3,(H,20,21,22). The first-order valence-corrected chi connectivity index (χ1v) is 7.51. The highest BCUT2D eigenvalue weighted by atomic mass is 16.5. The van der Waals surface area contributed by atoms with Gasteiger partial charge in [0, 0.05) is 23.5 Å². The molecule has 0 amide bonds. The van der Waals surface area contributed by atoms with Crippen molar-refractivity contribution >= 4 is 17.3 Å². The number of anilines is 3. The van der Waals surface area contributed by atoms with E-state index in [9.17, 15) is 5.11 Å². The third-order valence-electron chi connectivity index (χ3n) is 3.62. The van der Waals surface area contributed by atoms with Gasteiger partial charge < -0.3 is 25.6 Å². The van der Waals surface area contributed by atoms with Crippen LogP contribution in [0.15, 0.2) is 48.7 Å². The van der Waals surface area contributed by atoms with E-state index in [2.05, 4.69) is 15.3 Å². The number of aromatic nitrogens is 2. The van der Waals surface area contributed by atoms with Crippen molar-refractivity contribution in [2.75, 3.05) is 25.3 Å². The number of phenolic OH excluding ortho intramolecular Hbond substituents is 1. The van der Waals surface area contributed by atoms with Crippen LogP contribution in [0, 0.1) is 0 Å². The van der Waals surface area contributed by atoms with E-state index in [1.165, 1.54) is 6.07 Å². The zero-order chi connectivity index (χ0) is 17.8. The quantitative estimate of drug-likeness (QED) is 0.485. The van der Waals surface area contributed by atoms with Crippen LogP contribution >= 0.6 is 0 Å². The van der Waals surface area contributed by atoms with E-state index in [4.69, 9.17) is 15.2 Å². The van der Waals surface area contributed by atoms with Gasteiger partial charge in [-0.15, -0.1) is 0 Å². The molecule has 0 aliphatic heterocycles. The lowest BCUT2D eigenvalue weighted by Crippen LogP contribution is -1.99. The molecule has 0 saturated carbocycles. The molecule has 1 aromatic heterocycles. The first-order chi connectivity index (χ1) is 12.1. The van der Waals surface area contributed by atoms with Crippen LogP contribution < -0.4 is 20.5 Å². The number of nitrogen functional groups attached to an aromatic ring is 1. The Bertz CT molecular complexity index is 899. The maximum Gasteiger partial charge on any atom is 0.227 e. The molecule has 0 unspecified atom stereocenters. The fourth-order valence-electron chi connectivity index (χ4n) is 2.34. The largest absolute Gasteiger partial charge is 0.506 e. The number of phenols is 1. The number of benzene rings is 2. The van der Waals surface area contributed by atoms with Crippen LogP contribution in [0.4, 0.5) is 17.3 Å². The first-order valence-electron chi connectivity index (χ1n) is 7.51. The van der Waals surface area contributed by atoms with Crippen LogP contribution in [0.2, 0.25) is 0 Å². The van der Waals surface area contributed by atoms with Crippen molar-refractivity contribution < 1.29 is 14.6 Å². The Morgan fingerprint density at radius 1 is 1.00 bits per heavy atom. The molecule has 2 aromatic carbocycles. The molecule has 0 radical (unpaired) electrons. The molecule has 0 atom stereocenters. The molecule has 4 N–H and O–H groups in total. The van der Waals surface area contributed by atoms with Crippen molar-refractivity contribution in [1.82, 2.24) is 9.97 Å². The summed E-state index contributed by atoms with van der Waals surface area (Å²) < 4.78 is 10.5. The number of nitrogens with zero attached hydrogens (tertiary/aromatic N) is 2. The van der Waals surface area contributed by atoms with E-state index in [0.29, 0.717) is 28.8 Å². The van der Waals surface area contributed by atoms with Crippen molar-refractivity contribution in [3.8, 4) is 28.5 Å². The summed E-state index contributed by atoms with van der Waals surface area (Å²) in [6.07, 6.45) is 1.65. The summed E-state index contributed by atoms with van der Waals surface area (Å²) in [6.45, 7) is 0. The summed E-state index contributed by atoms with van der Waals surface area (Å²) in [7, 11) is 3.16. The van der Waals surface area contributed by atoms with E-state index in [1.807, 2.05) is 6.07 Å². The number of rotatable bonds is 5. The smallest absolute Gasteiger partial charge is 0.227 e. The number of nitrogens with one attached hydrogen (secondary N) is 1. The Morgan fingerprint density at radius 3 is 2.52 bits per heavy atom. The molecule has 3 rings (SSSR count). The molecule has 1 heterocycles. The highest BCUT2D eigenvalue weighted by molar-refractivity contribution is 5.69. The molecule has 0 aliphatic rings. The molecule has 0 saturated heterocycles. The van der Waals surface area contributed by atoms with Crippen LogP contribution in [0.1, 0.15) is 0 Å². The SMILES string of the molecule is COc1ccc(Nc2nccc(-c3ccc(O)c(N)c3)n2)cc1OC. The van der Waals surface area contributed by atoms with Gasteiger partial charge in [0.1, 0.15) is 5.75 Å². The Kier molecular flexibility index (Phi) is 4.56. The lowest BCUT2D eigenvalue weighted by molar-refractivity contribution is 0.355. The number of nitrogens with two attached hydrogens (primary N) is 1. The van der Waals surface area contributed by atoms with Gasteiger partial charge in [-0.05, 0) is 36.4 Å². The minimum atomic E-state index is 0.0430. The molecule has 25 heavy (non-hydrogen) atoms. The molecule has 128 valence electrons. The van der Waals surface area contributed by atoms with E-state index < -0.39 is 0 Å². The van der Waals surface area contributed by atoms with Gasteiger partial charge in [0.05, 0.1) is 25.6 Å². The molecule has 0 spiro atoms. The fourth-order valence-corrected chi connectivity index (χ4v) is 2.34. The van der Waals surface area contributed by atoms with E-state index in [1.54, 1.807) is 50.7 Å². The number of methoxy groups -OCH3 is 2. The van der Waals surface area contributed by atoms with Crippen molar-refractivity contribution in [3.63, 3.8) is 0 Å². The Labute approximate surface area is 145 Å². The van der Waals surface area contributed by atoms with Gasteiger partial charge in [-0.1, -0.05) is 0 Å². The maximum absolute atomic E-state index is 9.54. The Morgan fingerprint density at radius 2 is 1.80 bits per heavy atom.